The van der Waals surface area contributed by atoms with Crippen molar-refractivity contribution in [2.24, 2.45) is 5.73 Å². The molecule has 0 radical (unpaired) electrons. The fourth-order valence-electron chi connectivity index (χ4n) is 5.99. The van der Waals surface area contributed by atoms with Crippen molar-refractivity contribution in [2.45, 2.75) is 62.9 Å². The zero-order valence-corrected chi connectivity index (χ0v) is 21.0. The summed E-state index contributed by atoms with van der Waals surface area (Å²) in [6.45, 7) is 0. The van der Waals surface area contributed by atoms with Gasteiger partial charge in [0, 0.05) is 34.3 Å². The molecule has 0 atom stereocenters. The van der Waals surface area contributed by atoms with Gasteiger partial charge in [0.1, 0.15) is 0 Å². The van der Waals surface area contributed by atoms with E-state index in [2.05, 4.69) is 80.6 Å². The molecule has 2 aromatic carbocycles. The van der Waals surface area contributed by atoms with Gasteiger partial charge in [-0.2, -0.15) is 0 Å². The third-order valence-corrected chi connectivity index (χ3v) is 8.37. The highest BCUT2D eigenvalue weighted by molar-refractivity contribution is 5.98. The third kappa shape index (κ3) is 3.96. The largest absolute Gasteiger partial charge is 0.351 e. The lowest BCUT2D eigenvalue weighted by molar-refractivity contribution is 0.253. The summed E-state index contributed by atoms with van der Waals surface area (Å²) in [6.07, 6.45) is 11.6. The zero-order chi connectivity index (χ0) is 24.8. The molecular weight excluding hydrogens is 456 g/mol. The number of nitrogens with two attached hydrogens (primary N) is 1. The topological polar surface area (TPSA) is 81.1 Å². The molecule has 0 bridgehead atoms. The summed E-state index contributed by atoms with van der Waals surface area (Å²) in [5.41, 5.74) is 13.7. The molecule has 2 fully saturated rings. The Labute approximate surface area is 217 Å². The van der Waals surface area contributed by atoms with E-state index < -0.39 is 0 Å². The van der Waals surface area contributed by atoms with E-state index in [0.717, 1.165) is 57.7 Å². The van der Waals surface area contributed by atoms with Gasteiger partial charge in [-0.05, 0) is 55.4 Å². The fraction of sp³-hybridized carbons (Fsp3) is 0.323. The molecule has 37 heavy (non-hydrogen) atoms. The minimum atomic E-state index is -0.166. The Bertz CT molecular complexity index is 1560. The molecule has 3 aromatic heterocycles. The molecule has 2 aliphatic rings. The second kappa shape index (κ2) is 8.96. The van der Waals surface area contributed by atoms with E-state index in [0.29, 0.717) is 6.04 Å². The monoisotopic (exact) mass is 488 g/mol. The Hall–Kier alpha value is -3.77. The number of nitrogens with one attached hydrogen (secondary N) is 1. The Morgan fingerprint density at radius 3 is 2.35 bits per heavy atom. The second-order valence-corrected chi connectivity index (χ2v) is 10.8. The highest BCUT2D eigenvalue weighted by Gasteiger charge is 2.34. The van der Waals surface area contributed by atoms with E-state index in [1.54, 1.807) is 0 Å². The van der Waals surface area contributed by atoms with E-state index in [4.69, 9.17) is 10.7 Å². The Balaban J connectivity index is 1.34. The smallest absolute Gasteiger partial charge is 0.229 e. The van der Waals surface area contributed by atoms with Gasteiger partial charge in [0.15, 0.2) is 5.65 Å². The summed E-state index contributed by atoms with van der Waals surface area (Å²) in [4.78, 5) is 5.19. The predicted molar refractivity (Wildman–Crippen MR) is 149 cm³/mol. The van der Waals surface area contributed by atoms with Gasteiger partial charge in [-0.25, -0.2) is 4.98 Å². The van der Waals surface area contributed by atoms with Gasteiger partial charge in [-0.15, -0.1) is 10.2 Å². The summed E-state index contributed by atoms with van der Waals surface area (Å²) < 4.78 is 2.07. The van der Waals surface area contributed by atoms with Gasteiger partial charge >= 0.3 is 0 Å². The van der Waals surface area contributed by atoms with Crippen LogP contribution in [0.4, 0.5) is 5.95 Å². The van der Waals surface area contributed by atoms with Gasteiger partial charge in [0.2, 0.25) is 5.95 Å². The minimum Gasteiger partial charge on any atom is -0.351 e. The summed E-state index contributed by atoms with van der Waals surface area (Å²) in [5, 5.41) is 13.8. The molecule has 6 heteroatoms. The molecular formula is C31H32N6. The van der Waals surface area contributed by atoms with Crippen molar-refractivity contribution in [2.75, 3.05) is 5.32 Å². The van der Waals surface area contributed by atoms with Crippen LogP contribution >= 0.6 is 0 Å². The highest BCUT2D eigenvalue weighted by atomic mass is 15.3. The number of benzene rings is 2. The molecule has 0 saturated heterocycles. The van der Waals surface area contributed by atoms with Gasteiger partial charge < -0.3 is 11.1 Å². The SMILES string of the molecule is NC1(c2ccc(-c3nc4ccn5c(NC6CCCCC6)nnc5c4cc3-c3ccccc3)cc2)CCC1. The van der Waals surface area contributed by atoms with Crippen molar-refractivity contribution < 1.29 is 0 Å². The standard InChI is InChI=1S/C31H32N6/c32-31(17-7-18-31)23-14-12-22(13-15-23)28-25(21-8-3-1-4-9-21)20-26-27(34-28)16-19-37-29(26)35-36-30(37)33-24-10-5-2-6-11-24/h1,3-4,8-9,12-16,19-20,24H,2,5-7,10-11,17-18,32H2,(H,33,36). The van der Waals surface area contributed by atoms with E-state index >= 15 is 0 Å². The Morgan fingerprint density at radius 1 is 0.838 bits per heavy atom. The summed E-state index contributed by atoms with van der Waals surface area (Å²) in [5.74, 6) is 0.816. The van der Waals surface area contributed by atoms with E-state index in [9.17, 15) is 0 Å². The summed E-state index contributed by atoms with van der Waals surface area (Å²) in [6, 6.07) is 24.0. The quantitative estimate of drug-likeness (QED) is 0.288. The molecule has 3 heterocycles. The first-order valence-electron chi connectivity index (χ1n) is 13.6. The van der Waals surface area contributed by atoms with Crippen molar-refractivity contribution in [1.29, 1.82) is 0 Å². The first kappa shape index (κ1) is 22.4. The Morgan fingerprint density at radius 2 is 1.62 bits per heavy atom. The van der Waals surface area contributed by atoms with Crippen LogP contribution in [0.3, 0.4) is 0 Å². The first-order valence-corrected chi connectivity index (χ1v) is 13.6. The van der Waals surface area contributed by atoms with Crippen molar-refractivity contribution in [1.82, 2.24) is 19.6 Å². The number of nitrogens with zero attached hydrogens (tertiary/aromatic N) is 4. The van der Waals surface area contributed by atoms with Crippen molar-refractivity contribution in [3.05, 3.63) is 78.5 Å². The molecule has 7 rings (SSSR count). The maximum absolute atomic E-state index is 6.59. The zero-order valence-electron chi connectivity index (χ0n) is 21.0. The maximum atomic E-state index is 6.59. The number of fused-ring (bicyclic) bond motifs is 3. The molecule has 0 amide bonds. The van der Waals surface area contributed by atoms with E-state index in [1.807, 2.05) is 12.3 Å². The fourth-order valence-corrected chi connectivity index (χ4v) is 5.99. The molecule has 5 aromatic rings. The van der Waals surface area contributed by atoms with Gasteiger partial charge in [0.05, 0.1) is 11.2 Å². The van der Waals surface area contributed by atoms with Crippen LogP contribution in [0.25, 0.3) is 38.9 Å². The van der Waals surface area contributed by atoms with Crippen LogP contribution in [0.15, 0.2) is 72.9 Å². The van der Waals surface area contributed by atoms with Gasteiger partial charge in [-0.3, -0.25) is 4.40 Å². The van der Waals surface area contributed by atoms with Crippen molar-refractivity contribution in [3.8, 4) is 22.4 Å². The second-order valence-electron chi connectivity index (χ2n) is 10.8. The number of hydrogen-bond acceptors (Lipinski definition) is 5. The van der Waals surface area contributed by atoms with Crippen LogP contribution < -0.4 is 11.1 Å². The number of aromatic nitrogens is 4. The molecule has 3 N–H and O–H groups in total. The van der Waals surface area contributed by atoms with Crippen molar-refractivity contribution >= 4 is 22.5 Å². The maximum Gasteiger partial charge on any atom is 0.229 e. The number of rotatable bonds is 5. The lowest BCUT2D eigenvalue weighted by Gasteiger charge is -2.38. The Kier molecular flexibility index (Phi) is 5.43. The van der Waals surface area contributed by atoms with E-state index in [1.165, 1.54) is 44.1 Å². The summed E-state index contributed by atoms with van der Waals surface area (Å²) >= 11 is 0. The van der Waals surface area contributed by atoms with Crippen LogP contribution in [0.1, 0.15) is 56.9 Å². The molecule has 2 aliphatic carbocycles. The van der Waals surface area contributed by atoms with Gasteiger partial charge in [0.25, 0.3) is 0 Å². The average Bonchev–Trinajstić information content (AvgIpc) is 3.35. The number of hydrogen-bond donors (Lipinski definition) is 2. The normalized spacial score (nSPS) is 17.6. The third-order valence-electron chi connectivity index (χ3n) is 8.37. The first-order chi connectivity index (χ1) is 18.2. The van der Waals surface area contributed by atoms with Crippen LogP contribution in [0.5, 0.6) is 0 Å². The van der Waals surface area contributed by atoms with Crippen LogP contribution in [0.2, 0.25) is 0 Å². The van der Waals surface area contributed by atoms with Crippen LogP contribution in [0, 0.1) is 0 Å². The molecule has 2 saturated carbocycles. The molecule has 6 nitrogen and oxygen atoms in total. The molecule has 186 valence electrons. The number of anilines is 1. The molecule has 0 aliphatic heterocycles. The lowest BCUT2D eigenvalue weighted by Crippen LogP contribution is -2.43. The average molecular weight is 489 g/mol. The van der Waals surface area contributed by atoms with Crippen molar-refractivity contribution in [3.63, 3.8) is 0 Å². The minimum absolute atomic E-state index is 0.166. The highest BCUT2D eigenvalue weighted by Crippen LogP contribution is 2.40. The lowest BCUT2D eigenvalue weighted by atomic mass is 9.72. The van der Waals surface area contributed by atoms with Crippen LogP contribution in [-0.2, 0) is 5.54 Å². The van der Waals surface area contributed by atoms with E-state index in [-0.39, 0.29) is 5.54 Å². The number of pyridine rings is 2. The summed E-state index contributed by atoms with van der Waals surface area (Å²) in [7, 11) is 0. The molecule has 0 spiro atoms. The van der Waals surface area contributed by atoms with Crippen LogP contribution in [-0.4, -0.2) is 25.6 Å². The molecule has 0 unspecified atom stereocenters. The van der Waals surface area contributed by atoms with Gasteiger partial charge in [-0.1, -0.05) is 73.9 Å². The predicted octanol–water partition coefficient (Wildman–Crippen LogP) is 6.69.